The molecule has 0 amide bonds. The van der Waals surface area contributed by atoms with Crippen molar-refractivity contribution < 1.29 is 0 Å². The van der Waals surface area contributed by atoms with Gasteiger partial charge in [0.05, 0.1) is 0 Å². The Labute approximate surface area is 75.1 Å². The second-order valence-electron chi connectivity index (χ2n) is 3.67. The van der Waals surface area contributed by atoms with Crippen molar-refractivity contribution >= 4 is 0 Å². The van der Waals surface area contributed by atoms with E-state index in [1.54, 1.807) is 0 Å². The Balaban J connectivity index is 2.44. The topological polar surface area (TPSA) is 50.1 Å². The fraction of sp³-hybridized carbons (Fsp3) is 1.00. The SMILES string of the molecule is CCCC1(CCN)CNCCN1. The van der Waals surface area contributed by atoms with Crippen LogP contribution < -0.4 is 16.4 Å². The van der Waals surface area contributed by atoms with Crippen LogP contribution in [0.15, 0.2) is 0 Å². The molecule has 1 aliphatic rings. The number of rotatable bonds is 4. The van der Waals surface area contributed by atoms with Crippen molar-refractivity contribution in [3.8, 4) is 0 Å². The number of nitrogens with one attached hydrogen (secondary N) is 2. The summed E-state index contributed by atoms with van der Waals surface area (Å²) in [5.41, 5.74) is 5.90. The molecule has 3 heteroatoms. The predicted octanol–water partition coefficient (Wildman–Crippen LogP) is 0.0669. The van der Waals surface area contributed by atoms with Crippen molar-refractivity contribution in [1.82, 2.24) is 10.6 Å². The molecule has 0 bridgehead atoms. The molecule has 1 saturated heterocycles. The zero-order valence-corrected chi connectivity index (χ0v) is 8.03. The van der Waals surface area contributed by atoms with Crippen molar-refractivity contribution in [3.63, 3.8) is 0 Å². The summed E-state index contributed by atoms with van der Waals surface area (Å²) in [7, 11) is 0. The quantitative estimate of drug-likeness (QED) is 0.561. The second kappa shape index (κ2) is 4.80. The highest BCUT2D eigenvalue weighted by Gasteiger charge is 2.29. The van der Waals surface area contributed by atoms with Crippen LogP contribution in [0.1, 0.15) is 26.2 Å². The van der Waals surface area contributed by atoms with E-state index in [0.717, 1.165) is 32.6 Å². The molecule has 1 unspecified atom stereocenters. The molecule has 0 aliphatic carbocycles. The summed E-state index contributed by atoms with van der Waals surface area (Å²) in [6, 6.07) is 0. The fourth-order valence-electron chi connectivity index (χ4n) is 2.04. The largest absolute Gasteiger partial charge is 0.330 e. The third-order valence-corrected chi connectivity index (χ3v) is 2.62. The Hall–Kier alpha value is -0.120. The lowest BCUT2D eigenvalue weighted by atomic mass is 9.88. The van der Waals surface area contributed by atoms with Gasteiger partial charge in [0.15, 0.2) is 0 Å². The van der Waals surface area contributed by atoms with Crippen LogP contribution in [0.3, 0.4) is 0 Å². The molecule has 0 aromatic rings. The highest BCUT2D eigenvalue weighted by molar-refractivity contribution is 4.93. The fourth-order valence-corrected chi connectivity index (χ4v) is 2.04. The van der Waals surface area contributed by atoms with Gasteiger partial charge in [-0.15, -0.1) is 0 Å². The van der Waals surface area contributed by atoms with Crippen molar-refractivity contribution in [2.75, 3.05) is 26.2 Å². The molecular formula is C9H21N3. The van der Waals surface area contributed by atoms with Gasteiger partial charge in [0.1, 0.15) is 0 Å². The van der Waals surface area contributed by atoms with Gasteiger partial charge >= 0.3 is 0 Å². The van der Waals surface area contributed by atoms with Gasteiger partial charge in [-0.3, -0.25) is 0 Å². The Kier molecular flexibility index (Phi) is 3.98. The molecule has 72 valence electrons. The standard InChI is InChI=1S/C9H21N3/c1-2-3-9(4-5-10)8-11-6-7-12-9/h11-12H,2-8,10H2,1H3. The number of nitrogens with two attached hydrogens (primary N) is 1. The molecular weight excluding hydrogens is 150 g/mol. The first-order valence-electron chi connectivity index (χ1n) is 4.99. The van der Waals surface area contributed by atoms with E-state index < -0.39 is 0 Å². The summed E-state index contributed by atoms with van der Waals surface area (Å²) in [5, 5.41) is 7.02. The van der Waals surface area contributed by atoms with Gasteiger partial charge in [0, 0.05) is 25.2 Å². The molecule has 3 nitrogen and oxygen atoms in total. The molecule has 0 saturated carbocycles. The third kappa shape index (κ3) is 2.44. The van der Waals surface area contributed by atoms with Crippen LogP contribution in [-0.4, -0.2) is 31.7 Å². The summed E-state index contributed by atoms with van der Waals surface area (Å²) in [5.74, 6) is 0. The molecule has 0 aromatic heterocycles. The molecule has 0 aromatic carbocycles. The van der Waals surface area contributed by atoms with Crippen LogP contribution >= 0.6 is 0 Å². The van der Waals surface area contributed by atoms with Crippen molar-refractivity contribution in [1.29, 1.82) is 0 Å². The first-order valence-corrected chi connectivity index (χ1v) is 4.99. The summed E-state index contributed by atoms with van der Waals surface area (Å²) in [6.07, 6.45) is 3.56. The van der Waals surface area contributed by atoms with E-state index in [0.29, 0.717) is 5.54 Å². The van der Waals surface area contributed by atoms with E-state index in [4.69, 9.17) is 5.73 Å². The predicted molar refractivity (Wildman–Crippen MR) is 52.2 cm³/mol. The number of hydrogen-bond donors (Lipinski definition) is 3. The maximum atomic E-state index is 5.61. The van der Waals surface area contributed by atoms with Gasteiger partial charge in [-0.2, -0.15) is 0 Å². The lowest BCUT2D eigenvalue weighted by molar-refractivity contribution is 0.239. The third-order valence-electron chi connectivity index (χ3n) is 2.62. The van der Waals surface area contributed by atoms with Gasteiger partial charge in [0.25, 0.3) is 0 Å². The van der Waals surface area contributed by atoms with Crippen molar-refractivity contribution in [2.24, 2.45) is 5.73 Å². The highest BCUT2D eigenvalue weighted by Crippen LogP contribution is 2.17. The molecule has 4 N–H and O–H groups in total. The smallest absolute Gasteiger partial charge is 0.0318 e. The van der Waals surface area contributed by atoms with Crippen LogP contribution in [0.25, 0.3) is 0 Å². The lowest BCUT2D eigenvalue weighted by Crippen LogP contribution is -2.59. The second-order valence-corrected chi connectivity index (χ2v) is 3.67. The van der Waals surface area contributed by atoms with Crippen LogP contribution in [-0.2, 0) is 0 Å². The first-order chi connectivity index (χ1) is 5.83. The van der Waals surface area contributed by atoms with E-state index in [1.807, 2.05) is 0 Å². The van der Waals surface area contributed by atoms with E-state index in [-0.39, 0.29) is 0 Å². The molecule has 1 fully saturated rings. The number of hydrogen-bond acceptors (Lipinski definition) is 3. The van der Waals surface area contributed by atoms with Crippen LogP contribution in [0.4, 0.5) is 0 Å². The van der Waals surface area contributed by atoms with Crippen LogP contribution in [0.5, 0.6) is 0 Å². The molecule has 0 spiro atoms. The van der Waals surface area contributed by atoms with Gasteiger partial charge in [-0.05, 0) is 19.4 Å². The molecule has 1 atom stereocenters. The van der Waals surface area contributed by atoms with Gasteiger partial charge in [-0.1, -0.05) is 13.3 Å². The van der Waals surface area contributed by atoms with E-state index >= 15 is 0 Å². The maximum absolute atomic E-state index is 5.61. The molecule has 1 heterocycles. The molecule has 1 rings (SSSR count). The van der Waals surface area contributed by atoms with Crippen molar-refractivity contribution in [2.45, 2.75) is 31.7 Å². The van der Waals surface area contributed by atoms with Gasteiger partial charge in [-0.25, -0.2) is 0 Å². The van der Waals surface area contributed by atoms with Gasteiger partial charge < -0.3 is 16.4 Å². The average Bonchev–Trinajstić information content (AvgIpc) is 2.07. The van der Waals surface area contributed by atoms with E-state index in [9.17, 15) is 0 Å². The van der Waals surface area contributed by atoms with E-state index in [2.05, 4.69) is 17.6 Å². The zero-order valence-electron chi connectivity index (χ0n) is 8.03. The van der Waals surface area contributed by atoms with Crippen LogP contribution in [0, 0.1) is 0 Å². The first kappa shape index (κ1) is 9.96. The monoisotopic (exact) mass is 171 g/mol. The molecule has 12 heavy (non-hydrogen) atoms. The Morgan fingerprint density at radius 3 is 2.67 bits per heavy atom. The Morgan fingerprint density at radius 2 is 2.17 bits per heavy atom. The maximum Gasteiger partial charge on any atom is 0.0318 e. The van der Waals surface area contributed by atoms with Crippen LogP contribution in [0.2, 0.25) is 0 Å². The minimum atomic E-state index is 0.293. The number of piperazine rings is 1. The summed E-state index contributed by atoms with van der Waals surface area (Å²) >= 11 is 0. The minimum absolute atomic E-state index is 0.293. The van der Waals surface area contributed by atoms with E-state index in [1.165, 1.54) is 12.8 Å². The molecule has 0 radical (unpaired) electrons. The summed E-state index contributed by atoms with van der Waals surface area (Å²) in [4.78, 5) is 0. The Bertz CT molecular complexity index is 103. The lowest BCUT2D eigenvalue weighted by Gasteiger charge is -2.38. The zero-order chi connectivity index (χ0) is 8.86. The normalized spacial score (nSPS) is 30.5. The summed E-state index contributed by atoms with van der Waals surface area (Å²) in [6.45, 7) is 6.28. The van der Waals surface area contributed by atoms with Gasteiger partial charge in [0.2, 0.25) is 0 Å². The average molecular weight is 171 g/mol. The molecule has 1 aliphatic heterocycles. The highest BCUT2D eigenvalue weighted by atomic mass is 15.1. The Morgan fingerprint density at radius 1 is 1.33 bits per heavy atom. The van der Waals surface area contributed by atoms with Crippen molar-refractivity contribution in [3.05, 3.63) is 0 Å². The minimum Gasteiger partial charge on any atom is -0.330 e. The summed E-state index contributed by atoms with van der Waals surface area (Å²) < 4.78 is 0.